The molecular formula is C51H29N3O3. The van der Waals surface area contributed by atoms with Crippen molar-refractivity contribution >= 4 is 65.8 Å². The summed E-state index contributed by atoms with van der Waals surface area (Å²) in [6, 6.07) is 59.8. The fourth-order valence-electron chi connectivity index (χ4n) is 8.23. The predicted molar refractivity (Wildman–Crippen MR) is 229 cm³/mol. The van der Waals surface area contributed by atoms with Gasteiger partial charge in [-0.05, 0) is 65.2 Å². The van der Waals surface area contributed by atoms with Crippen LogP contribution in [0.25, 0.3) is 122 Å². The molecule has 0 saturated carbocycles. The van der Waals surface area contributed by atoms with Crippen LogP contribution < -0.4 is 0 Å². The minimum atomic E-state index is 0.580. The molecule has 57 heavy (non-hydrogen) atoms. The van der Waals surface area contributed by atoms with E-state index in [0.717, 1.165) is 105 Å². The zero-order valence-corrected chi connectivity index (χ0v) is 30.3. The molecule has 0 radical (unpaired) electrons. The lowest BCUT2D eigenvalue weighted by molar-refractivity contribution is 0.668. The molecule has 0 amide bonds. The highest BCUT2D eigenvalue weighted by Gasteiger charge is 2.20. The van der Waals surface area contributed by atoms with Crippen LogP contribution in [0.1, 0.15) is 0 Å². The van der Waals surface area contributed by atoms with Crippen LogP contribution in [-0.4, -0.2) is 15.0 Å². The number of nitrogens with zero attached hydrogens (tertiary/aromatic N) is 3. The second-order valence-corrected chi connectivity index (χ2v) is 14.3. The maximum absolute atomic E-state index is 6.55. The Balaban J connectivity index is 1.02. The van der Waals surface area contributed by atoms with E-state index in [1.54, 1.807) is 0 Å². The van der Waals surface area contributed by atoms with Crippen LogP contribution in [0.5, 0.6) is 0 Å². The Labute approximate surface area is 325 Å². The molecule has 4 aromatic heterocycles. The van der Waals surface area contributed by atoms with Crippen LogP contribution in [0.15, 0.2) is 189 Å². The fourth-order valence-corrected chi connectivity index (χ4v) is 8.23. The quantitative estimate of drug-likeness (QED) is 0.175. The molecule has 0 unspecified atom stereocenters. The largest absolute Gasteiger partial charge is 0.456 e. The average Bonchev–Trinajstić information content (AvgIpc) is 3.97. The number of rotatable bonds is 5. The van der Waals surface area contributed by atoms with Gasteiger partial charge in [-0.25, -0.2) is 15.0 Å². The SMILES string of the molecule is c1ccc(-c2nc(-c3ccccc3)nc(-c3ccc4c(c3)oc3ccc(-c5cc(-c6cccc7c6oc6ccccc67)cc6oc7ccccc7c56)cc34)n2)cc1. The lowest BCUT2D eigenvalue weighted by atomic mass is 9.93. The van der Waals surface area contributed by atoms with Crippen LogP contribution >= 0.6 is 0 Å². The summed E-state index contributed by atoms with van der Waals surface area (Å²) in [5, 5.41) is 6.35. The van der Waals surface area contributed by atoms with E-state index in [-0.39, 0.29) is 0 Å². The minimum Gasteiger partial charge on any atom is -0.456 e. The van der Waals surface area contributed by atoms with Gasteiger partial charge in [0, 0.05) is 54.6 Å². The number of hydrogen-bond acceptors (Lipinski definition) is 6. The van der Waals surface area contributed by atoms with Crippen molar-refractivity contribution in [2.45, 2.75) is 0 Å². The Kier molecular flexibility index (Phi) is 6.83. The number of hydrogen-bond donors (Lipinski definition) is 0. The van der Waals surface area contributed by atoms with E-state index in [4.69, 9.17) is 28.2 Å². The third-order valence-corrected chi connectivity index (χ3v) is 10.9. The molecule has 0 fully saturated rings. The Bertz CT molecular complexity index is 3470. The standard InChI is InChI=1S/C51H29N3O3/c1-3-12-30(13-4-1)49-52-50(31-14-5-2-6-15-31)54-51(53-49)33-22-24-37-41-26-32(23-25-44(41)55-45(37)28-33)40-27-34(29-46-47(40)39-17-8-10-21-43(39)56-46)35-18-11-19-38-36-16-7-9-20-42(36)57-48(35)38/h1-29H. The van der Waals surface area contributed by atoms with Crippen LogP contribution in [0.3, 0.4) is 0 Å². The Morgan fingerprint density at radius 2 is 0.842 bits per heavy atom. The van der Waals surface area contributed by atoms with Gasteiger partial charge in [-0.3, -0.25) is 0 Å². The molecule has 0 saturated heterocycles. The highest BCUT2D eigenvalue weighted by Crippen LogP contribution is 2.44. The zero-order chi connectivity index (χ0) is 37.5. The fraction of sp³-hybridized carbons (Fsp3) is 0. The first-order valence-corrected chi connectivity index (χ1v) is 18.9. The molecule has 0 N–H and O–H groups in total. The number of benzene rings is 8. The monoisotopic (exact) mass is 731 g/mol. The topological polar surface area (TPSA) is 78.1 Å². The van der Waals surface area contributed by atoms with Gasteiger partial charge in [0.15, 0.2) is 17.5 Å². The van der Waals surface area contributed by atoms with Gasteiger partial charge < -0.3 is 13.3 Å². The van der Waals surface area contributed by atoms with Crippen molar-refractivity contribution in [3.8, 4) is 56.4 Å². The summed E-state index contributed by atoms with van der Waals surface area (Å²) in [6.07, 6.45) is 0. The van der Waals surface area contributed by atoms with Crippen molar-refractivity contribution in [2.75, 3.05) is 0 Å². The van der Waals surface area contributed by atoms with Crippen molar-refractivity contribution in [3.05, 3.63) is 176 Å². The predicted octanol–water partition coefficient (Wildman–Crippen LogP) is 13.9. The second-order valence-electron chi connectivity index (χ2n) is 14.3. The summed E-state index contributed by atoms with van der Waals surface area (Å²) in [6.45, 7) is 0. The van der Waals surface area contributed by atoms with Gasteiger partial charge in [0.2, 0.25) is 0 Å². The molecule has 8 aromatic carbocycles. The molecule has 12 aromatic rings. The Morgan fingerprint density at radius 1 is 0.281 bits per heavy atom. The molecule has 4 heterocycles. The highest BCUT2D eigenvalue weighted by atomic mass is 16.3. The van der Waals surface area contributed by atoms with Crippen molar-refractivity contribution in [1.29, 1.82) is 0 Å². The van der Waals surface area contributed by atoms with Crippen molar-refractivity contribution < 1.29 is 13.3 Å². The molecule has 0 atom stereocenters. The van der Waals surface area contributed by atoms with Crippen molar-refractivity contribution in [2.24, 2.45) is 0 Å². The van der Waals surface area contributed by atoms with E-state index in [0.29, 0.717) is 17.5 Å². The maximum atomic E-state index is 6.55. The molecule has 6 nitrogen and oxygen atoms in total. The van der Waals surface area contributed by atoms with Gasteiger partial charge in [0.1, 0.15) is 33.5 Å². The van der Waals surface area contributed by atoms with Gasteiger partial charge in [0.25, 0.3) is 0 Å². The van der Waals surface area contributed by atoms with E-state index < -0.39 is 0 Å². The molecular weight excluding hydrogens is 703 g/mol. The van der Waals surface area contributed by atoms with Gasteiger partial charge in [-0.1, -0.05) is 127 Å². The van der Waals surface area contributed by atoms with E-state index >= 15 is 0 Å². The smallest absolute Gasteiger partial charge is 0.164 e. The normalized spacial score (nSPS) is 11.9. The third-order valence-electron chi connectivity index (χ3n) is 10.9. The number of furan rings is 3. The summed E-state index contributed by atoms with van der Waals surface area (Å²) < 4.78 is 19.6. The highest BCUT2D eigenvalue weighted by molar-refractivity contribution is 6.16. The first-order chi connectivity index (χ1) is 28.2. The van der Waals surface area contributed by atoms with E-state index in [1.165, 1.54) is 0 Å². The number of para-hydroxylation sites is 3. The van der Waals surface area contributed by atoms with Crippen LogP contribution in [0.4, 0.5) is 0 Å². The zero-order valence-electron chi connectivity index (χ0n) is 30.3. The van der Waals surface area contributed by atoms with Gasteiger partial charge in [0.05, 0.1) is 0 Å². The average molecular weight is 732 g/mol. The summed E-state index contributed by atoms with van der Waals surface area (Å²) in [7, 11) is 0. The minimum absolute atomic E-state index is 0.580. The third kappa shape index (κ3) is 5.08. The summed E-state index contributed by atoms with van der Waals surface area (Å²) in [5.41, 5.74) is 11.8. The van der Waals surface area contributed by atoms with Crippen molar-refractivity contribution in [3.63, 3.8) is 0 Å². The van der Waals surface area contributed by atoms with E-state index in [9.17, 15) is 0 Å². The first-order valence-electron chi connectivity index (χ1n) is 18.9. The second kappa shape index (κ2) is 12.3. The van der Waals surface area contributed by atoms with Gasteiger partial charge in [-0.15, -0.1) is 0 Å². The lowest BCUT2D eigenvalue weighted by Gasteiger charge is -2.10. The molecule has 0 aliphatic heterocycles. The first kappa shape index (κ1) is 31.5. The molecule has 12 rings (SSSR count). The van der Waals surface area contributed by atoms with Crippen molar-refractivity contribution in [1.82, 2.24) is 15.0 Å². The summed E-state index contributed by atoms with van der Waals surface area (Å²) >= 11 is 0. The molecule has 0 bridgehead atoms. The van der Waals surface area contributed by atoms with Crippen LogP contribution in [-0.2, 0) is 0 Å². The number of fused-ring (bicyclic) bond motifs is 9. The van der Waals surface area contributed by atoms with Gasteiger partial charge in [-0.2, -0.15) is 0 Å². The Hall–Kier alpha value is -7.83. The van der Waals surface area contributed by atoms with Crippen LogP contribution in [0, 0.1) is 0 Å². The number of aromatic nitrogens is 3. The summed E-state index contributed by atoms with van der Waals surface area (Å²) in [5.74, 6) is 1.81. The van der Waals surface area contributed by atoms with Crippen LogP contribution in [0.2, 0.25) is 0 Å². The van der Waals surface area contributed by atoms with E-state index in [2.05, 4.69) is 84.9 Å². The summed E-state index contributed by atoms with van der Waals surface area (Å²) in [4.78, 5) is 14.8. The molecule has 6 heteroatoms. The van der Waals surface area contributed by atoms with E-state index in [1.807, 2.05) is 91.0 Å². The Morgan fingerprint density at radius 3 is 1.60 bits per heavy atom. The maximum Gasteiger partial charge on any atom is 0.164 e. The molecule has 0 aliphatic carbocycles. The lowest BCUT2D eigenvalue weighted by Crippen LogP contribution is -2.00. The van der Waals surface area contributed by atoms with Gasteiger partial charge >= 0.3 is 0 Å². The molecule has 0 aliphatic rings. The molecule has 0 spiro atoms. The molecule has 266 valence electrons.